The molecule has 0 fully saturated rings. The normalized spacial score (nSPS) is 13.6. The fraction of sp³-hybridized carbons (Fsp3) is 0.696. The molecule has 1 aromatic rings. The molecule has 0 radical (unpaired) electrons. The molecule has 0 aromatic heterocycles. The van der Waals surface area contributed by atoms with Crippen LogP contribution < -0.4 is 11.5 Å². The van der Waals surface area contributed by atoms with Gasteiger partial charge < -0.3 is 16.6 Å². The smallest absolute Gasteiger partial charge is 0.149 e. The molecule has 0 spiro atoms. The van der Waals surface area contributed by atoms with E-state index in [1.54, 1.807) is 0 Å². The predicted octanol–water partition coefficient (Wildman–Crippen LogP) is 4.34. The average Bonchev–Trinajstić information content (AvgIpc) is 2.55. The molecule has 0 bridgehead atoms. The van der Waals surface area contributed by atoms with Crippen LogP contribution in [0.1, 0.15) is 90.3 Å². The van der Waals surface area contributed by atoms with Gasteiger partial charge in [-0.05, 0) is 53.3 Å². The highest BCUT2D eigenvalue weighted by Gasteiger charge is 2.26. The Kier molecular flexibility index (Phi) is 8.49. The summed E-state index contributed by atoms with van der Waals surface area (Å²) >= 11 is 0. The van der Waals surface area contributed by atoms with Gasteiger partial charge in [0, 0.05) is 6.42 Å². The molecule has 0 amide bonds. The lowest BCUT2D eigenvalue weighted by Crippen LogP contribution is -2.30. The van der Waals surface area contributed by atoms with Crippen molar-refractivity contribution < 1.29 is 9.90 Å². The van der Waals surface area contributed by atoms with E-state index in [1.165, 1.54) is 0 Å². The summed E-state index contributed by atoms with van der Waals surface area (Å²) in [5.41, 5.74) is 14.2. The maximum Gasteiger partial charge on any atom is 0.149 e. The van der Waals surface area contributed by atoms with Gasteiger partial charge in [0.2, 0.25) is 0 Å². The van der Waals surface area contributed by atoms with Crippen molar-refractivity contribution in [2.24, 2.45) is 11.5 Å². The molecule has 4 heteroatoms. The summed E-state index contributed by atoms with van der Waals surface area (Å²) in [7, 11) is 0. The van der Waals surface area contributed by atoms with E-state index in [-0.39, 0.29) is 22.7 Å². The van der Waals surface area contributed by atoms with E-state index in [9.17, 15) is 9.90 Å². The highest BCUT2D eigenvalue weighted by molar-refractivity contribution is 5.83. The molecular formula is C23H40N2O2. The largest absolute Gasteiger partial charge is 0.507 e. The first kappa shape index (κ1) is 23.6. The fourth-order valence-corrected chi connectivity index (χ4v) is 3.28. The van der Waals surface area contributed by atoms with Crippen molar-refractivity contribution in [3.8, 4) is 5.75 Å². The highest BCUT2D eigenvalue weighted by atomic mass is 16.3. The third-order valence-corrected chi connectivity index (χ3v) is 5.08. The number of unbranched alkanes of at least 4 members (excludes halogenated alkanes) is 2. The van der Waals surface area contributed by atoms with Gasteiger partial charge in [0.25, 0.3) is 0 Å². The van der Waals surface area contributed by atoms with Crippen molar-refractivity contribution in [1.29, 1.82) is 0 Å². The van der Waals surface area contributed by atoms with Gasteiger partial charge in [-0.1, -0.05) is 66.5 Å². The van der Waals surface area contributed by atoms with Gasteiger partial charge >= 0.3 is 0 Å². The molecule has 154 valence electrons. The Balaban J connectivity index is 2.90. The minimum absolute atomic E-state index is 0.116. The SMILES string of the molecule is CC(C)(C)c1cc(CCC(=O)C(N)CCCCCN)cc(C(C)(C)C)c1O. The molecule has 0 saturated carbocycles. The van der Waals surface area contributed by atoms with Crippen LogP contribution in [0, 0.1) is 0 Å². The van der Waals surface area contributed by atoms with Crippen LogP contribution in [0.2, 0.25) is 0 Å². The number of rotatable bonds is 9. The maximum atomic E-state index is 12.4. The summed E-state index contributed by atoms with van der Waals surface area (Å²) in [4.78, 5) is 12.4. The van der Waals surface area contributed by atoms with Crippen molar-refractivity contribution in [3.05, 3.63) is 28.8 Å². The molecule has 4 nitrogen and oxygen atoms in total. The Morgan fingerprint density at radius 2 is 1.52 bits per heavy atom. The number of ketones is 1. The van der Waals surface area contributed by atoms with Crippen LogP contribution in [0.3, 0.4) is 0 Å². The van der Waals surface area contributed by atoms with Crippen LogP contribution in [-0.2, 0) is 22.0 Å². The van der Waals surface area contributed by atoms with Gasteiger partial charge in [0.15, 0.2) is 0 Å². The van der Waals surface area contributed by atoms with Crippen molar-refractivity contribution in [2.45, 2.75) is 96.9 Å². The Bertz CT molecular complexity index is 589. The second kappa shape index (κ2) is 9.70. The minimum Gasteiger partial charge on any atom is -0.507 e. The fourth-order valence-electron chi connectivity index (χ4n) is 3.28. The predicted molar refractivity (Wildman–Crippen MR) is 114 cm³/mol. The average molecular weight is 377 g/mol. The van der Waals surface area contributed by atoms with Crippen molar-refractivity contribution >= 4 is 5.78 Å². The topological polar surface area (TPSA) is 89.3 Å². The molecule has 1 rings (SSSR count). The number of aromatic hydroxyl groups is 1. The summed E-state index contributed by atoms with van der Waals surface area (Å²) in [5, 5.41) is 10.8. The lowest BCUT2D eigenvalue weighted by Gasteiger charge is -2.28. The number of hydrogen-bond donors (Lipinski definition) is 3. The Morgan fingerprint density at radius 3 is 1.96 bits per heavy atom. The Hall–Kier alpha value is -1.39. The molecule has 0 aliphatic carbocycles. The minimum atomic E-state index is -0.385. The first-order valence-electron chi connectivity index (χ1n) is 10.2. The number of carbonyl (C=O) groups is 1. The second-order valence-electron chi connectivity index (χ2n) is 9.75. The number of phenolic OH excluding ortho intramolecular Hbond substituents is 1. The monoisotopic (exact) mass is 376 g/mol. The molecule has 5 N–H and O–H groups in total. The van der Waals surface area contributed by atoms with Gasteiger partial charge in [-0.2, -0.15) is 0 Å². The summed E-state index contributed by atoms with van der Waals surface area (Å²) in [5.74, 6) is 0.493. The lowest BCUT2D eigenvalue weighted by molar-refractivity contribution is -0.120. The third kappa shape index (κ3) is 7.27. The molecule has 27 heavy (non-hydrogen) atoms. The van der Waals surface area contributed by atoms with Crippen LogP contribution in [0.15, 0.2) is 12.1 Å². The number of nitrogens with two attached hydrogens (primary N) is 2. The zero-order valence-corrected chi connectivity index (χ0v) is 18.2. The van der Waals surface area contributed by atoms with Gasteiger partial charge in [0.05, 0.1) is 6.04 Å². The van der Waals surface area contributed by atoms with E-state index < -0.39 is 0 Å². The summed E-state index contributed by atoms with van der Waals surface area (Å²) in [6, 6.07) is 3.71. The second-order valence-corrected chi connectivity index (χ2v) is 9.75. The lowest BCUT2D eigenvalue weighted by atomic mass is 9.78. The molecule has 1 unspecified atom stereocenters. The van der Waals surface area contributed by atoms with Crippen LogP contribution in [-0.4, -0.2) is 23.5 Å². The quantitative estimate of drug-likeness (QED) is 0.559. The van der Waals surface area contributed by atoms with Crippen LogP contribution >= 0.6 is 0 Å². The molecule has 0 saturated heterocycles. The number of hydrogen-bond acceptors (Lipinski definition) is 4. The molecule has 0 aliphatic rings. The Morgan fingerprint density at radius 1 is 1.00 bits per heavy atom. The number of phenols is 1. The van der Waals surface area contributed by atoms with Gasteiger partial charge in [-0.3, -0.25) is 4.79 Å². The van der Waals surface area contributed by atoms with Gasteiger partial charge in [-0.15, -0.1) is 0 Å². The van der Waals surface area contributed by atoms with Crippen LogP contribution in [0.4, 0.5) is 0 Å². The zero-order chi connectivity index (χ0) is 20.8. The number of carbonyl (C=O) groups excluding carboxylic acids is 1. The summed E-state index contributed by atoms with van der Waals surface area (Å²) in [6.07, 6.45) is 4.79. The first-order chi connectivity index (χ1) is 12.4. The van der Waals surface area contributed by atoms with E-state index in [2.05, 4.69) is 41.5 Å². The van der Waals surface area contributed by atoms with E-state index in [0.29, 0.717) is 25.1 Å². The van der Waals surface area contributed by atoms with E-state index in [0.717, 1.165) is 42.4 Å². The highest BCUT2D eigenvalue weighted by Crippen LogP contribution is 2.40. The van der Waals surface area contributed by atoms with Crippen molar-refractivity contribution in [2.75, 3.05) is 6.54 Å². The van der Waals surface area contributed by atoms with E-state index >= 15 is 0 Å². The van der Waals surface area contributed by atoms with Crippen LogP contribution in [0.5, 0.6) is 5.75 Å². The van der Waals surface area contributed by atoms with Crippen LogP contribution in [0.25, 0.3) is 0 Å². The summed E-state index contributed by atoms with van der Waals surface area (Å²) in [6.45, 7) is 13.3. The van der Waals surface area contributed by atoms with Crippen molar-refractivity contribution in [1.82, 2.24) is 0 Å². The first-order valence-corrected chi connectivity index (χ1v) is 10.2. The maximum absolute atomic E-state index is 12.4. The Labute approximate surface area is 165 Å². The number of benzene rings is 1. The molecule has 0 aliphatic heterocycles. The molecule has 1 aromatic carbocycles. The number of aryl methyl sites for hydroxylation is 1. The zero-order valence-electron chi connectivity index (χ0n) is 18.2. The number of Topliss-reactive ketones (excluding diaryl/α,β-unsaturated/α-hetero) is 1. The van der Waals surface area contributed by atoms with Gasteiger partial charge in [0.1, 0.15) is 11.5 Å². The molecule has 1 atom stereocenters. The van der Waals surface area contributed by atoms with Gasteiger partial charge in [-0.25, -0.2) is 0 Å². The van der Waals surface area contributed by atoms with E-state index in [1.807, 2.05) is 12.1 Å². The third-order valence-electron chi connectivity index (χ3n) is 5.08. The standard InChI is InChI=1S/C23H40N2O2/c1-22(2,3)17-14-16(15-18(21(17)27)23(4,5)6)11-12-20(26)19(25)10-8-7-9-13-24/h14-15,19,27H,7-13,24-25H2,1-6H3. The summed E-state index contributed by atoms with van der Waals surface area (Å²) < 4.78 is 0. The van der Waals surface area contributed by atoms with Crippen molar-refractivity contribution in [3.63, 3.8) is 0 Å². The van der Waals surface area contributed by atoms with E-state index in [4.69, 9.17) is 11.5 Å². The molecular weight excluding hydrogens is 336 g/mol. The molecule has 0 heterocycles.